The van der Waals surface area contributed by atoms with Gasteiger partial charge in [-0.1, -0.05) is 29.8 Å². The van der Waals surface area contributed by atoms with Gasteiger partial charge in [0.25, 0.3) is 5.91 Å². The SMILES string of the molecule is O=C(Nc1ncn(Cc2ccccc2Cl)n1)c1cc(C(F)(F)F)[nH]n1. The summed E-state index contributed by atoms with van der Waals surface area (Å²) in [4.78, 5) is 15.8. The second-order valence-corrected chi connectivity index (χ2v) is 5.38. The van der Waals surface area contributed by atoms with E-state index in [1.54, 1.807) is 17.2 Å². The first kappa shape index (κ1) is 17.0. The van der Waals surface area contributed by atoms with Crippen LogP contribution in [0.4, 0.5) is 19.1 Å². The number of carbonyl (C=O) groups is 1. The van der Waals surface area contributed by atoms with Crippen LogP contribution >= 0.6 is 11.6 Å². The number of rotatable bonds is 4. The maximum atomic E-state index is 12.5. The third-order valence-electron chi connectivity index (χ3n) is 3.17. The average molecular weight is 371 g/mol. The molecule has 1 amide bonds. The van der Waals surface area contributed by atoms with Crippen LogP contribution in [0.5, 0.6) is 0 Å². The average Bonchev–Trinajstić information content (AvgIpc) is 3.18. The van der Waals surface area contributed by atoms with E-state index < -0.39 is 23.5 Å². The Hall–Kier alpha value is -2.88. The van der Waals surface area contributed by atoms with Crippen LogP contribution in [-0.4, -0.2) is 30.9 Å². The number of halogens is 4. The van der Waals surface area contributed by atoms with Crippen molar-refractivity contribution in [2.45, 2.75) is 12.7 Å². The van der Waals surface area contributed by atoms with Gasteiger partial charge in [0.15, 0.2) is 5.69 Å². The molecule has 0 aliphatic rings. The van der Waals surface area contributed by atoms with Crippen molar-refractivity contribution < 1.29 is 18.0 Å². The van der Waals surface area contributed by atoms with Gasteiger partial charge in [-0.25, -0.2) is 9.67 Å². The molecule has 7 nitrogen and oxygen atoms in total. The van der Waals surface area contributed by atoms with Crippen LogP contribution in [0.1, 0.15) is 21.7 Å². The van der Waals surface area contributed by atoms with Gasteiger partial charge < -0.3 is 0 Å². The van der Waals surface area contributed by atoms with Crippen molar-refractivity contribution in [3.05, 3.63) is 58.6 Å². The van der Waals surface area contributed by atoms with Gasteiger partial charge in [-0.05, 0) is 11.6 Å². The summed E-state index contributed by atoms with van der Waals surface area (Å²) in [7, 11) is 0. The Bertz CT molecular complexity index is 904. The molecule has 0 unspecified atom stereocenters. The second-order valence-electron chi connectivity index (χ2n) is 4.98. The summed E-state index contributed by atoms with van der Waals surface area (Å²) in [6.07, 6.45) is -3.25. The molecule has 130 valence electrons. The molecule has 0 spiro atoms. The lowest BCUT2D eigenvalue weighted by Crippen LogP contribution is -2.14. The molecular formula is C14H10ClF3N6O. The van der Waals surface area contributed by atoms with Crippen molar-refractivity contribution in [1.29, 1.82) is 0 Å². The van der Waals surface area contributed by atoms with Crippen molar-refractivity contribution in [2.24, 2.45) is 0 Å². The lowest BCUT2D eigenvalue weighted by atomic mass is 10.2. The third-order valence-corrected chi connectivity index (χ3v) is 3.54. The Morgan fingerprint density at radius 1 is 1.32 bits per heavy atom. The summed E-state index contributed by atoms with van der Waals surface area (Å²) in [5.74, 6) is -0.921. The molecular weight excluding hydrogens is 361 g/mol. The zero-order valence-electron chi connectivity index (χ0n) is 12.4. The highest BCUT2D eigenvalue weighted by atomic mass is 35.5. The Morgan fingerprint density at radius 2 is 2.08 bits per heavy atom. The molecule has 3 aromatic rings. The van der Waals surface area contributed by atoms with Crippen LogP contribution in [0.2, 0.25) is 5.02 Å². The number of aromatic amines is 1. The molecule has 1 aromatic carbocycles. The summed E-state index contributed by atoms with van der Waals surface area (Å²) in [6, 6.07) is 7.75. The highest BCUT2D eigenvalue weighted by molar-refractivity contribution is 6.31. The normalized spacial score (nSPS) is 11.5. The van der Waals surface area contributed by atoms with Crippen molar-refractivity contribution >= 4 is 23.5 Å². The summed E-state index contributed by atoms with van der Waals surface area (Å²) < 4.78 is 38.9. The number of nitrogens with one attached hydrogen (secondary N) is 2. The van der Waals surface area contributed by atoms with Gasteiger partial charge >= 0.3 is 6.18 Å². The van der Waals surface area contributed by atoms with Crippen LogP contribution in [0.3, 0.4) is 0 Å². The van der Waals surface area contributed by atoms with Crippen LogP contribution in [0.15, 0.2) is 36.7 Å². The molecule has 11 heteroatoms. The van der Waals surface area contributed by atoms with E-state index in [0.717, 1.165) is 5.56 Å². The number of anilines is 1. The van der Waals surface area contributed by atoms with E-state index in [9.17, 15) is 18.0 Å². The Kier molecular flexibility index (Phi) is 4.45. The number of hydrogen-bond acceptors (Lipinski definition) is 4. The van der Waals surface area contributed by atoms with Crippen LogP contribution in [-0.2, 0) is 12.7 Å². The molecule has 0 fully saturated rings. The number of nitrogens with zero attached hydrogens (tertiary/aromatic N) is 4. The standard InChI is InChI=1S/C14H10ClF3N6O/c15-9-4-2-1-3-8(9)6-24-7-19-13(23-24)20-12(25)10-5-11(22-21-10)14(16,17)18/h1-5,7H,6H2,(H,21,22)(H,20,23,25). The quantitative estimate of drug-likeness (QED) is 0.739. The molecule has 2 N–H and O–H groups in total. The highest BCUT2D eigenvalue weighted by Crippen LogP contribution is 2.27. The topological polar surface area (TPSA) is 88.5 Å². The summed E-state index contributed by atoms with van der Waals surface area (Å²) in [5, 5.41) is 11.9. The Labute approximate surface area is 143 Å². The number of carbonyl (C=O) groups excluding carboxylic acids is 1. The predicted molar refractivity (Wildman–Crippen MR) is 82.1 cm³/mol. The van der Waals surface area contributed by atoms with Crippen molar-refractivity contribution in [2.75, 3.05) is 5.32 Å². The molecule has 0 aliphatic carbocycles. The van der Waals surface area contributed by atoms with E-state index in [2.05, 4.69) is 20.5 Å². The van der Waals surface area contributed by atoms with Gasteiger partial charge in [0.05, 0.1) is 6.54 Å². The maximum absolute atomic E-state index is 12.5. The fourth-order valence-corrected chi connectivity index (χ4v) is 2.17. The highest BCUT2D eigenvalue weighted by Gasteiger charge is 2.33. The molecule has 2 heterocycles. The fourth-order valence-electron chi connectivity index (χ4n) is 1.98. The first-order chi connectivity index (χ1) is 11.8. The summed E-state index contributed by atoms with van der Waals surface area (Å²) >= 11 is 6.05. The molecule has 0 saturated carbocycles. The minimum absolute atomic E-state index is 0.0615. The van der Waals surface area contributed by atoms with Gasteiger partial charge in [0.1, 0.15) is 12.0 Å². The molecule has 0 atom stereocenters. The number of alkyl halides is 3. The molecule has 0 bridgehead atoms. The van der Waals surface area contributed by atoms with E-state index >= 15 is 0 Å². The van der Waals surface area contributed by atoms with Crippen molar-refractivity contribution in [1.82, 2.24) is 25.0 Å². The summed E-state index contributed by atoms with van der Waals surface area (Å²) in [6.45, 7) is 0.323. The first-order valence-corrected chi connectivity index (χ1v) is 7.27. The van der Waals surface area contributed by atoms with E-state index in [1.807, 2.05) is 12.1 Å². The van der Waals surface area contributed by atoms with Crippen LogP contribution in [0.25, 0.3) is 0 Å². The van der Waals surface area contributed by atoms with Crippen molar-refractivity contribution in [3.8, 4) is 0 Å². The Balaban J connectivity index is 1.68. The van der Waals surface area contributed by atoms with Gasteiger partial charge in [0, 0.05) is 11.1 Å². The number of hydrogen-bond donors (Lipinski definition) is 2. The zero-order valence-corrected chi connectivity index (χ0v) is 13.1. The van der Waals surface area contributed by atoms with Gasteiger partial charge in [-0.3, -0.25) is 15.2 Å². The minimum Gasteiger partial charge on any atom is -0.288 e. The minimum atomic E-state index is -4.61. The monoisotopic (exact) mass is 370 g/mol. The molecule has 0 saturated heterocycles. The number of aromatic nitrogens is 5. The second kappa shape index (κ2) is 6.55. The lowest BCUT2D eigenvalue weighted by molar-refractivity contribution is -0.141. The van der Waals surface area contributed by atoms with E-state index in [4.69, 9.17) is 11.6 Å². The van der Waals surface area contributed by atoms with Gasteiger partial charge in [-0.2, -0.15) is 18.3 Å². The van der Waals surface area contributed by atoms with E-state index in [1.165, 1.54) is 11.0 Å². The van der Waals surface area contributed by atoms with Crippen LogP contribution < -0.4 is 5.32 Å². The largest absolute Gasteiger partial charge is 0.432 e. The summed E-state index contributed by atoms with van der Waals surface area (Å²) in [5.41, 5.74) is -0.737. The smallest absolute Gasteiger partial charge is 0.288 e. The zero-order chi connectivity index (χ0) is 18.0. The third kappa shape index (κ3) is 3.97. The van der Waals surface area contributed by atoms with E-state index in [0.29, 0.717) is 17.6 Å². The van der Waals surface area contributed by atoms with Crippen LogP contribution in [0, 0.1) is 0 Å². The number of amides is 1. The molecule has 0 radical (unpaired) electrons. The van der Waals surface area contributed by atoms with Gasteiger partial charge in [0.2, 0.25) is 5.95 Å². The number of benzene rings is 1. The molecule has 3 rings (SSSR count). The predicted octanol–water partition coefficient (Wildman–Crippen LogP) is 2.97. The van der Waals surface area contributed by atoms with Crippen molar-refractivity contribution in [3.63, 3.8) is 0 Å². The maximum Gasteiger partial charge on any atom is 0.432 e. The molecule has 25 heavy (non-hydrogen) atoms. The molecule has 0 aliphatic heterocycles. The number of H-pyrrole nitrogens is 1. The Morgan fingerprint density at radius 3 is 2.76 bits per heavy atom. The lowest BCUT2D eigenvalue weighted by Gasteiger charge is -2.03. The molecule has 2 aromatic heterocycles. The van der Waals surface area contributed by atoms with E-state index in [-0.39, 0.29) is 5.95 Å². The van der Waals surface area contributed by atoms with Gasteiger partial charge in [-0.15, -0.1) is 5.10 Å². The first-order valence-electron chi connectivity index (χ1n) is 6.90. The fraction of sp³-hybridized carbons (Fsp3) is 0.143.